The van der Waals surface area contributed by atoms with Gasteiger partial charge in [0.15, 0.2) is 0 Å². The van der Waals surface area contributed by atoms with Gasteiger partial charge in [-0.2, -0.15) is 5.10 Å². The molecule has 5 nitrogen and oxygen atoms in total. The van der Waals surface area contributed by atoms with Crippen LogP contribution in [-0.4, -0.2) is 21.7 Å². The molecule has 0 spiro atoms. The smallest absolute Gasteiger partial charge is 0.278 e. The number of aromatic nitrogens is 2. The Hall–Kier alpha value is -1.36. The molecule has 1 rings (SSSR count). The van der Waals surface area contributed by atoms with E-state index in [4.69, 9.17) is 4.84 Å². The predicted molar refractivity (Wildman–Crippen MR) is 51.6 cm³/mol. The molecule has 0 radical (unpaired) electrons. The number of carbonyl (C=O) groups excluding carboxylic acids is 1. The van der Waals surface area contributed by atoms with E-state index in [0.29, 0.717) is 5.56 Å². The number of aryl methyl sites for hydroxylation is 1. The Balaban J connectivity index is 2.56. The SMILES string of the molecule is Cc1[nH]ncc1C(=O)NOC(C)(C)C. The van der Waals surface area contributed by atoms with Crippen molar-refractivity contribution in [3.8, 4) is 0 Å². The van der Waals surface area contributed by atoms with Crippen molar-refractivity contribution in [2.45, 2.75) is 33.3 Å². The Bertz CT molecular complexity index is 325. The van der Waals surface area contributed by atoms with E-state index in [2.05, 4.69) is 15.7 Å². The summed E-state index contributed by atoms with van der Waals surface area (Å²) >= 11 is 0. The third kappa shape index (κ3) is 2.85. The van der Waals surface area contributed by atoms with Crippen molar-refractivity contribution in [3.05, 3.63) is 17.5 Å². The highest BCUT2D eigenvalue weighted by Crippen LogP contribution is 2.06. The molecule has 1 heterocycles. The van der Waals surface area contributed by atoms with Gasteiger partial charge in [-0.3, -0.25) is 14.7 Å². The van der Waals surface area contributed by atoms with E-state index in [1.165, 1.54) is 6.20 Å². The number of aromatic amines is 1. The maximum Gasteiger partial charge on any atom is 0.278 e. The Labute approximate surface area is 82.8 Å². The normalized spacial score (nSPS) is 11.4. The van der Waals surface area contributed by atoms with Crippen LogP contribution in [0.1, 0.15) is 36.8 Å². The molecule has 0 aliphatic rings. The number of carbonyl (C=O) groups is 1. The molecule has 0 unspecified atom stereocenters. The minimum atomic E-state index is -0.396. The summed E-state index contributed by atoms with van der Waals surface area (Å²) in [7, 11) is 0. The van der Waals surface area contributed by atoms with Crippen LogP contribution in [0.4, 0.5) is 0 Å². The molecule has 0 saturated carbocycles. The first kappa shape index (κ1) is 10.7. The largest absolute Gasteiger partial charge is 0.282 e. The number of nitrogens with one attached hydrogen (secondary N) is 2. The maximum atomic E-state index is 11.5. The third-order valence-electron chi connectivity index (χ3n) is 1.52. The van der Waals surface area contributed by atoms with Crippen molar-refractivity contribution >= 4 is 5.91 Å². The summed E-state index contributed by atoms with van der Waals surface area (Å²) in [4.78, 5) is 16.6. The van der Waals surface area contributed by atoms with Crippen LogP contribution < -0.4 is 5.48 Å². The van der Waals surface area contributed by atoms with Crippen molar-refractivity contribution in [3.63, 3.8) is 0 Å². The van der Waals surface area contributed by atoms with E-state index in [1.54, 1.807) is 6.92 Å². The molecule has 0 aromatic carbocycles. The number of hydrogen-bond donors (Lipinski definition) is 2. The van der Waals surface area contributed by atoms with Crippen molar-refractivity contribution in [1.82, 2.24) is 15.7 Å². The molecule has 0 aliphatic carbocycles. The second kappa shape index (κ2) is 3.79. The van der Waals surface area contributed by atoms with Crippen molar-refractivity contribution in [2.75, 3.05) is 0 Å². The zero-order valence-electron chi connectivity index (χ0n) is 8.84. The van der Waals surface area contributed by atoms with E-state index >= 15 is 0 Å². The van der Waals surface area contributed by atoms with Gasteiger partial charge in [0, 0.05) is 5.69 Å². The van der Waals surface area contributed by atoms with Gasteiger partial charge in [-0.25, -0.2) is 5.48 Å². The highest BCUT2D eigenvalue weighted by atomic mass is 16.7. The van der Waals surface area contributed by atoms with Crippen LogP contribution >= 0.6 is 0 Å². The fourth-order valence-corrected chi connectivity index (χ4v) is 0.834. The summed E-state index contributed by atoms with van der Waals surface area (Å²) in [5.74, 6) is -0.286. The molecule has 2 N–H and O–H groups in total. The van der Waals surface area contributed by atoms with Crippen LogP contribution in [-0.2, 0) is 4.84 Å². The number of H-pyrrole nitrogens is 1. The molecule has 1 aromatic heterocycles. The van der Waals surface area contributed by atoms with Crippen LogP contribution in [0.3, 0.4) is 0 Å². The highest BCUT2D eigenvalue weighted by Gasteiger charge is 2.15. The fraction of sp³-hybridized carbons (Fsp3) is 0.556. The molecule has 0 atom stereocenters. The van der Waals surface area contributed by atoms with Crippen molar-refractivity contribution < 1.29 is 9.63 Å². The number of rotatable bonds is 2. The van der Waals surface area contributed by atoms with Crippen LogP contribution in [0.25, 0.3) is 0 Å². The number of hydrogen-bond acceptors (Lipinski definition) is 3. The average molecular weight is 197 g/mol. The van der Waals surface area contributed by atoms with Gasteiger partial charge < -0.3 is 0 Å². The fourth-order valence-electron chi connectivity index (χ4n) is 0.834. The lowest BCUT2D eigenvalue weighted by molar-refractivity contribution is -0.0590. The first-order valence-electron chi connectivity index (χ1n) is 4.38. The van der Waals surface area contributed by atoms with Crippen molar-refractivity contribution in [2.24, 2.45) is 0 Å². The standard InChI is InChI=1S/C9H15N3O2/c1-6-7(5-10-11-6)8(13)12-14-9(2,3)4/h5H,1-4H3,(H,10,11)(H,12,13). The zero-order chi connectivity index (χ0) is 10.8. The van der Waals surface area contributed by atoms with Gasteiger partial charge in [0.05, 0.1) is 17.4 Å². The van der Waals surface area contributed by atoms with E-state index < -0.39 is 5.60 Å². The molecule has 14 heavy (non-hydrogen) atoms. The molecule has 0 bridgehead atoms. The van der Waals surface area contributed by atoms with Crippen LogP contribution in [0.2, 0.25) is 0 Å². The maximum absolute atomic E-state index is 11.5. The summed E-state index contributed by atoms with van der Waals surface area (Å²) in [6, 6.07) is 0. The lowest BCUT2D eigenvalue weighted by atomic mass is 10.2. The molecule has 0 aliphatic heterocycles. The summed E-state index contributed by atoms with van der Waals surface area (Å²) in [5, 5.41) is 6.43. The Morgan fingerprint density at radius 3 is 2.64 bits per heavy atom. The van der Waals surface area contributed by atoms with Crippen LogP contribution in [0.15, 0.2) is 6.20 Å². The molecule has 0 fully saturated rings. The summed E-state index contributed by atoms with van der Waals surface area (Å²) in [6.07, 6.45) is 1.47. The minimum Gasteiger partial charge on any atom is -0.282 e. The Morgan fingerprint density at radius 2 is 2.21 bits per heavy atom. The third-order valence-corrected chi connectivity index (χ3v) is 1.52. The van der Waals surface area contributed by atoms with Gasteiger partial charge in [0.1, 0.15) is 0 Å². The quantitative estimate of drug-likeness (QED) is 0.699. The van der Waals surface area contributed by atoms with Gasteiger partial charge >= 0.3 is 0 Å². The number of nitrogens with zero attached hydrogens (tertiary/aromatic N) is 1. The molecular formula is C9H15N3O2. The summed E-state index contributed by atoms with van der Waals surface area (Å²) in [5.41, 5.74) is 3.19. The number of amides is 1. The first-order valence-corrected chi connectivity index (χ1v) is 4.38. The molecule has 1 aromatic rings. The van der Waals surface area contributed by atoms with E-state index in [1.807, 2.05) is 20.8 Å². The van der Waals surface area contributed by atoms with Crippen LogP contribution in [0, 0.1) is 6.92 Å². The summed E-state index contributed by atoms with van der Waals surface area (Å²) < 4.78 is 0. The van der Waals surface area contributed by atoms with E-state index in [-0.39, 0.29) is 5.91 Å². The Kier molecular flexibility index (Phi) is 2.90. The molecule has 1 amide bonds. The lowest BCUT2D eigenvalue weighted by Crippen LogP contribution is -2.33. The summed E-state index contributed by atoms with van der Waals surface area (Å²) in [6.45, 7) is 7.35. The molecule has 78 valence electrons. The predicted octanol–water partition coefficient (Wildman–Crippen LogP) is 1.18. The highest BCUT2D eigenvalue weighted by molar-refractivity contribution is 5.94. The van der Waals surface area contributed by atoms with Gasteiger partial charge in [0.25, 0.3) is 5.91 Å². The van der Waals surface area contributed by atoms with E-state index in [0.717, 1.165) is 5.69 Å². The van der Waals surface area contributed by atoms with Crippen molar-refractivity contribution in [1.29, 1.82) is 0 Å². The van der Waals surface area contributed by atoms with Gasteiger partial charge in [0.2, 0.25) is 0 Å². The minimum absolute atomic E-state index is 0.286. The lowest BCUT2D eigenvalue weighted by Gasteiger charge is -2.18. The zero-order valence-corrected chi connectivity index (χ0v) is 8.84. The Morgan fingerprint density at radius 1 is 1.57 bits per heavy atom. The van der Waals surface area contributed by atoms with E-state index in [9.17, 15) is 4.79 Å². The van der Waals surface area contributed by atoms with Gasteiger partial charge in [-0.05, 0) is 27.7 Å². The molecule has 0 saturated heterocycles. The first-order chi connectivity index (χ1) is 6.40. The van der Waals surface area contributed by atoms with Gasteiger partial charge in [-0.15, -0.1) is 0 Å². The van der Waals surface area contributed by atoms with Crippen LogP contribution in [0.5, 0.6) is 0 Å². The molecular weight excluding hydrogens is 182 g/mol. The second-order valence-electron chi connectivity index (χ2n) is 4.05. The molecule has 5 heteroatoms. The monoisotopic (exact) mass is 197 g/mol. The second-order valence-corrected chi connectivity index (χ2v) is 4.05. The number of hydroxylamine groups is 1. The topological polar surface area (TPSA) is 67.0 Å². The average Bonchev–Trinajstić information content (AvgIpc) is 2.46. The van der Waals surface area contributed by atoms with Gasteiger partial charge in [-0.1, -0.05) is 0 Å².